The number of aromatic nitrogens is 2. The number of ether oxygens (including phenoxy) is 1. The fourth-order valence-electron chi connectivity index (χ4n) is 3.05. The van der Waals surface area contributed by atoms with Gasteiger partial charge in [0.1, 0.15) is 11.9 Å². The van der Waals surface area contributed by atoms with Crippen LogP contribution in [-0.4, -0.2) is 15.5 Å². The second-order valence-electron chi connectivity index (χ2n) is 6.21. The lowest BCUT2D eigenvalue weighted by molar-refractivity contribution is 0.00257. The number of rotatable bonds is 4. The molecule has 0 unspecified atom stereocenters. The van der Waals surface area contributed by atoms with Crippen LogP contribution in [0.4, 0.5) is 4.39 Å². The largest absolute Gasteiger partial charge is 0.365 e. The number of imidazole rings is 1. The van der Waals surface area contributed by atoms with Gasteiger partial charge in [-0.2, -0.15) is 0 Å². The van der Waals surface area contributed by atoms with E-state index in [1.807, 2.05) is 34.9 Å². The van der Waals surface area contributed by atoms with Crippen LogP contribution in [0.5, 0.6) is 0 Å². The van der Waals surface area contributed by atoms with Crippen molar-refractivity contribution in [1.29, 1.82) is 0 Å². The smallest absolute Gasteiger partial charge is 0.272 e. The lowest BCUT2D eigenvalue weighted by Gasteiger charge is -2.25. The first kappa shape index (κ1) is 16.5. The van der Waals surface area contributed by atoms with Crippen LogP contribution in [0.25, 0.3) is 0 Å². The first-order valence-corrected chi connectivity index (χ1v) is 8.44. The average Bonchev–Trinajstić information content (AvgIpc) is 3.11. The normalized spacial score (nSPS) is 16.1. The van der Waals surface area contributed by atoms with Crippen molar-refractivity contribution in [1.82, 2.24) is 14.9 Å². The van der Waals surface area contributed by atoms with Crippen LogP contribution in [0, 0.1) is 5.82 Å². The molecule has 3 aromatic rings. The number of benzene rings is 2. The molecule has 6 heteroatoms. The van der Waals surface area contributed by atoms with Crippen molar-refractivity contribution in [2.45, 2.75) is 25.8 Å². The lowest BCUT2D eigenvalue weighted by Crippen LogP contribution is -2.27. The Labute approximate surface area is 150 Å². The van der Waals surface area contributed by atoms with Gasteiger partial charge < -0.3 is 14.6 Å². The predicted octanol–water partition coefficient (Wildman–Crippen LogP) is 3.22. The number of nitrogens with zero attached hydrogens (tertiary/aromatic N) is 2. The third-order valence-electron chi connectivity index (χ3n) is 4.48. The molecule has 132 valence electrons. The van der Waals surface area contributed by atoms with Gasteiger partial charge >= 0.3 is 0 Å². The zero-order valence-electron chi connectivity index (χ0n) is 14.1. The van der Waals surface area contributed by atoms with Gasteiger partial charge in [0.25, 0.3) is 5.91 Å². The fourth-order valence-corrected chi connectivity index (χ4v) is 3.05. The van der Waals surface area contributed by atoms with Crippen molar-refractivity contribution < 1.29 is 13.9 Å². The first-order valence-electron chi connectivity index (χ1n) is 8.44. The molecule has 1 aliphatic rings. The third kappa shape index (κ3) is 3.36. The molecular formula is C20H18FN3O2. The van der Waals surface area contributed by atoms with E-state index in [0.29, 0.717) is 25.4 Å². The van der Waals surface area contributed by atoms with E-state index in [1.54, 1.807) is 18.5 Å². The average molecular weight is 351 g/mol. The summed E-state index contributed by atoms with van der Waals surface area (Å²) in [5, 5.41) is 2.82. The summed E-state index contributed by atoms with van der Waals surface area (Å²) >= 11 is 0. The molecule has 0 saturated carbocycles. The highest BCUT2D eigenvalue weighted by molar-refractivity contribution is 5.93. The number of hydrogen-bond acceptors (Lipinski definition) is 3. The van der Waals surface area contributed by atoms with E-state index in [9.17, 15) is 9.18 Å². The van der Waals surface area contributed by atoms with Gasteiger partial charge in [0.05, 0.1) is 25.2 Å². The van der Waals surface area contributed by atoms with E-state index >= 15 is 0 Å². The van der Waals surface area contributed by atoms with Crippen molar-refractivity contribution in [3.05, 3.63) is 89.3 Å². The van der Waals surface area contributed by atoms with E-state index in [4.69, 9.17) is 4.74 Å². The molecule has 5 nitrogen and oxygen atoms in total. The summed E-state index contributed by atoms with van der Waals surface area (Å²) in [4.78, 5) is 16.7. The van der Waals surface area contributed by atoms with Gasteiger partial charge in [-0.3, -0.25) is 4.79 Å². The van der Waals surface area contributed by atoms with Crippen molar-refractivity contribution in [2.24, 2.45) is 0 Å². The van der Waals surface area contributed by atoms with Crippen molar-refractivity contribution >= 4 is 5.91 Å². The molecule has 1 aromatic heterocycles. The zero-order chi connectivity index (χ0) is 17.9. The molecule has 0 bridgehead atoms. The third-order valence-corrected chi connectivity index (χ3v) is 4.48. The van der Waals surface area contributed by atoms with Crippen LogP contribution in [0.2, 0.25) is 0 Å². The minimum atomic E-state index is -0.298. The van der Waals surface area contributed by atoms with Crippen LogP contribution >= 0.6 is 0 Å². The highest BCUT2D eigenvalue weighted by Crippen LogP contribution is 2.27. The Morgan fingerprint density at radius 1 is 1.19 bits per heavy atom. The van der Waals surface area contributed by atoms with Crippen LogP contribution in [0.3, 0.4) is 0 Å². The van der Waals surface area contributed by atoms with Crippen LogP contribution in [0.15, 0.2) is 60.9 Å². The van der Waals surface area contributed by atoms with E-state index in [2.05, 4.69) is 10.3 Å². The van der Waals surface area contributed by atoms with Gasteiger partial charge in [0.2, 0.25) is 0 Å². The number of nitrogens with one attached hydrogen (secondary N) is 1. The minimum Gasteiger partial charge on any atom is -0.365 e. The number of carbonyl (C=O) groups excluding carboxylic acids is 1. The first-order chi connectivity index (χ1) is 12.7. The molecule has 0 fully saturated rings. The number of amides is 1. The highest BCUT2D eigenvalue weighted by atomic mass is 19.1. The number of fused-ring (bicyclic) bond motifs is 1. The monoisotopic (exact) mass is 351 g/mol. The van der Waals surface area contributed by atoms with Crippen LogP contribution in [0.1, 0.15) is 33.4 Å². The molecule has 1 amide bonds. The van der Waals surface area contributed by atoms with E-state index < -0.39 is 0 Å². The van der Waals surface area contributed by atoms with Gasteiger partial charge in [-0.05, 0) is 23.3 Å². The Kier molecular flexibility index (Phi) is 4.50. The molecule has 1 atom stereocenters. The Morgan fingerprint density at radius 2 is 1.96 bits per heavy atom. The molecule has 2 heterocycles. The van der Waals surface area contributed by atoms with Crippen LogP contribution in [-0.2, 0) is 24.4 Å². The van der Waals surface area contributed by atoms with Crippen molar-refractivity contribution in [3.8, 4) is 0 Å². The van der Waals surface area contributed by atoms with Gasteiger partial charge in [-0.15, -0.1) is 0 Å². The fraction of sp³-hybridized carbons (Fsp3) is 0.200. The molecule has 2 aromatic carbocycles. The Morgan fingerprint density at radius 3 is 2.73 bits per heavy atom. The Bertz CT molecular complexity index is 907. The molecule has 26 heavy (non-hydrogen) atoms. The molecule has 0 radical (unpaired) electrons. The number of halogens is 1. The van der Waals surface area contributed by atoms with Crippen molar-refractivity contribution in [2.75, 3.05) is 0 Å². The second-order valence-corrected chi connectivity index (χ2v) is 6.21. The molecule has 4 rings (SSSR count). The second kappa shape index (κ2) is 7.09. The molecule has 0 saturated heterocycles. The maximum Gasteiger partial charge on any atom is 0.272 e. The number of hydrogen-bond donors (Lipinski definition) is 1. The summed E-state index contributed by atoms with van der Waals surface area (Å²) in [6.07, 6.45) is 1.63. The zero-order valence-corrected chi connectivity index (χ0v) is 14.1. The van der Waals surface area contributed by atoms with Gasteiger partial charge in [0, 0.05) is 6.54 Å². The summed E-state index contributed by atoms with van der Waals surface area (Å²) in [5.74, 6) is -0.557. The molecule has 0 spiro atoms. The summed E-state index contributed by atoms with van der Waals surface area (Å²) < 4.78 is 20.8. The van der Waals surface area contributed by atoms with E-state index in [0.717, 1.165) is 16.8 Å². The summed E-state index contributed by atoms with van der Waals surface area (Å²) in [6.45, 7) is 1.27. The summed E-state index contributed by atoms with van der Waals surface area (Å²) in [7, 11) is 0. The van der Waals surface area contributed by atoms with Gasteiger partial charge in [0.15, 0.2) is 5.69 Å². The van der Waals surface area contributed by atoms with E-state index in [1.165, 1.54) is 12.1 Å². The molecular weight excluding hydrogens is 333 g/mol. The SMILES string of the molecule is O=C(NCc1ccc(F)cc1)c1ncn2c1CO[C@H](c1ccccc1)C2. The van der Waals surface area contributed by atoms with Crippen molar-refractivity contribution in [3.63, 3.8) is 0 Å². The Hall–Kier alpha value is -2.99. The molecule has 1 aliphatic heterocycles. The van der Waals surface area contributed by atoms with Gasteiger partial charge in [-0.1, -0.05) is 42.5 Å². The predicted molar refractivity (Wildman–Crippen MR) is 93.8 cm³/mol. The quantitative estimate of drug-likeness (QED) is 0.785. The van der Waals surface area contributed by atoms with E-state index in [-0.39, 0.29) is 17.8 Å². The highest BCUT2D eigenvalue weighted by Gasteiger charge is 2.26. The topological polar surface area (TPSA) is 56.2 Å². The molecule has 1 N–H and O–H groups in total. The maximum absolute atomic E-state index is 12.9. The van der Waals surface area contributed by atoms with Crippen LogP contribution < -0.4 is 5.32 Å². The van der Waals surface area contributed by atoms with Gasteiger partial charge in [-0.25, -0.2) is 9.37 Å². The lowest BCUT2D eigenvalue weighted by atomic mass is 10.1. The minimum absolute atomic E-state index is 0.0481. The number of carbonyl (C=O) groups is 1. The Balaban J connectivity index is 1.44. The standard InChI is InChI=1S/C20H18FN3O2/c21-16-8-6-14(7-9-16)10-22-20(25)19-17-12-26-18(11-24(17)13-23-19)15-4-2-1-3-5-15/h1-9,13,18H,10-12H2,(H,22,25)/t18-/m0/s1. The summed E-state index contributed by atoms with van der Waals surface area (Å²) in [5.41, 5.74) is 3.08. The maximum atomic E-state index is 12.9. The summed E-state index contributed by atoms with van der Waals surface area (Å²) in [6, 6.07) is 16.0. The molecule has 0 aliphatic carbocycles.